The van der Waals surface area contributed by atoms with Crippen LogP contribution in [0.25, 0.3) is 5.57 Å². The van der Waals surface area contributed by atoms with Crippen LogP contribution in [0.5, 0.6) is 0 Å². The first kappa shape index (κ1) is 6.41. The molecule has 0 radical (unpaired) electrons. The SMILES string of the molecule is C1=C(c2ccncc2)C[C@H]2C[C@@H]12. The van der Waals surface area contributed by atoms with Crippen molar-refractivity contribution >= 4 is 5.57 Å². The highest BCUT2D eigenvalue weighted by Gasteiger charge is 2.40. The predicted octanol–water partition coefficient (Wildman–Crippen LogP) is 2.50. The van der Waals surface area contributed by atoms with E-state index in [4.69, 9.17) is 0 Å². The largest absolute Gasteiger partial charge is 0.265 e. The van der Waals surface area contributed by atoms with Crippen LogP contribution in [-0.4, -0.2) is 4.98 Å². The van der Waals surface area contributed by atoms with Crippen LogP contribution in [0.4, 0.5) is 0 Å². The van der Waals surface area contributed by atoms with Gasteiger partial charge in [0.05, 0.1) is 0 Å². The van der Waals surface area contributed by atoms with Crippen LogP contribution in [0.3, 0.4) is 0 Å². The topological polar surface area (TPSA) is 12.9 Å². The second-order valence-corrected chi connectivity index (χ2v) is 3.79. The highest BCUT2D eigenvalue weighted by Crippen LogP contribution is 2.52. The molecule has 0 aromatic carbocycles. The molecule has 2 atom stereocenters. The Morgan fingerprint density at radius 1 is 1.25 bits per heavy atom. The summed E-state index contributed by atoms with van der Waals surface area (Å²) in [6.45, 7) is 0. The van der Waals surface area contributed by atoms with Crippen LogP contribution < -0.4 is 0 Å². The van der Waals surface area contributed by atoms with Gasteiger partial charge in [-0.1, -0.05) is 6.08 Å². The zero-order valence-corrected chi connectivity index (χ0v) is 6.90. The van der Waals surface area contributed by atoms with Gasteiger partial charge in [0.2, 0.25) is 0 Å². The quantitative estimate of drug-likeness (QED) is 0.610. The van der Waals surface area contributed by atoms with E-state index in [9.17, 15) is 0 Å². The van der Waals surface area contributed by atoms with Crippen molar-refractivity contribution in [2.24, 2.45) is 11.8 Å². The predicted molar refractivity (Wildman–Crippen MR) is 48.4 cm³/mol. The Labute approximate surface area is 72.1 Å². The minimum atomic E-state index is 0.924. The number of hydrogen-bond acceptors (Lipinski definition) is 1. The molecule has 1 aromatic rings. The molecule has 2 aliphatic rings. The Balaban J connectivity index is 1.95. The van der Waals surface area contributed by atoms with Gasteiger partial charge in [-0.05, 0) is 47.9 Å². The van der Waals surface area contributed by atoms with E-state index in [0.29, 0.717) is 0 Å². The van der Waals surface area contributed by atoms with Gasteiger partial charge in [0.25, 0.3) is 0 Å². The molecule has 1 heterocycles. The minimum absolute atomic E-state index is 0.924. The summed E-state index contributed by atoms with van der Waals surface area (Å²) in [5.74, 6) is 1.92. The maximum absolute atomic E-state index is 4.02. The molecule has 2 aliphatic carbocycles. The van der Waals surface area contributed by atoms with E-state index in [1.165, 1.54) is 18.4 Å². The molecular formula is C11H11N. The molecule has 0 spiro atoms. The van der Waals surface area contributed by atoms with Gasteiger partial charge in [-0.2, -0.15) is 0 Å². The number of hydrogen-bond donors (Lipinski definition) is 0. The highest BCUT2D eigenvalue weighted by molar-refractivity contribution is 5.69. The maximum atomic E-state index is 4.02. The zero-order valence-electron chi connectivity index (χ0n) is 6.90. The van der Waals surface area contributed by atoms with Crippen molar-refractivity contribution in [1.29, 1.82) is 0 Å². The Bertz CT molecular complexity index is 326. The summed E-state index contributed by atoms with van der Waals surface area (Å²) in [6, 6.07) is 4.22. The van der Waals surface area contributed by atoms with Crippen molar-refractivity contribution in [3.63, 3.8) is 0 Å². The lowest BCUT2D eigenvalue weighted by Crippen LogP contribution is -1.82. The first-order valence-corrected chi connectivity index (χ1v) is 4.54. The smallest absolute Gasteiger partial charge is 0.0273 e. The minimum Gasteiger partial charge on any atom is -0.265 e. The Kier molecular flexibility index (Phi) is 1.17. The van der Waals surface area contributed by atoms with Crippen molar-refractivity contribution in [3.05, 3.63) is 36.2 Å². The average Bonchev–Trinajstić information content (AvgIpc) is 2.75. The molecule has 0 saturated heterocycles. The fourth-order valence-corrected chi connectivity index (χ4v) is 2.10. The lowest BCUT2D eigenvalue weighted by atomic mass is 10.1. The van der Waals surface area contributed by atoms with Gasteiger partial charge < -0.3 is 0 Å². The molecule has 0 N–H and O–H groups in total. The van der Waals surface area contributed by atoms with Crippen LogP contribution in [-0.2, 0) is 0 Å². The Morgan fingerprint density at radius 2 is 2.08 bits per heavy atom. The Morgan fingerprint density at radius 3 is 2.75 bits per heavy atom. The molecule has 1 saturated carbocycles. The fraction of sp³-hybridized carbons (Fsp3) is 0.364. The van der Waals surface area contributed by atoms with Crippen molar-refractivity contribution < 1.29 is 0 Å². The van der Waals surface area contributed by atoms with Gasteiger partial charge in [0.1, 0.15) is 0 Å². The molecule has 0 amide bonds. The monoisotopic (exact) mass is 157 g/mol. The van der Waals surface area contributed by atoms with Crippen LogP contribution in [0.1, 0.15) is 18.4 Å². The van der Waals surface area contributed by atoms with Crippen LogP contribution in [0.15, 0.2) is 30.6 Å². The molecule has 12 heavy (non-hydrogen) atoms. The lowest BCUT2D eigenvalue weighted by Gasteiger charge is -2.01. The molecule has 60 valence electrons. The van der Waals surface area contributed by atoms with E-state index in [-0.39, 0.29) is 0 Å². The van der Waals surface area contributed by atoms with Gasteiger partial charge in [0, 0.05) is 12.4 Å². The average molecular weight is 157 g/mol. The summed E-state index contributed by atoms with van der Waals surface area (Å²) < 4.78 is 0. The summed E-state index contributed by atoms with van der Waals surface area (Å²) in [5, 5.41) is 0. The second-order valence-electron chi connectivity index (χ2n) is 3.79. The number of pyridine rings is 1. The summed E-state index contributed by atoms with van der Waals surface area (Å²) in [7, 11) is 0. The third-order valence-electron chi connectivity index (χ3n) is 2.93. The lowest BCUT2D eigenvalue weighted by molar-refractivity contribution is 0.862. The number of nitrogens with zero attached hydrogens (tertiary/aromatic N) is 1. The molecule has 0 aliphatic heterocycles. The third-order valence-corrected chi connectivity index (χ3v) is 2.93. The number of fused-ring (bicyclic) bond motifs is 1. The highest BCUT2D eigenvalue weighted by atomic mass is 14.6. The summed E-state index contributed by atoms with van der Waals surface area (Å²) in [4.78, 5) is 4.02. The number of rotatable bonds is 1. The van der Waals surface area contributed by atoms with Gasteiger partial charge >= 0.3 is 0 Å². The van der Waals surface area contributed by atoms with Crippen LogP contribution >= 0.6 is 0 Å². The molecule has 1 heteroatoms. The van der Waals surface area contributed by atoms with Gasteiger partial charge in [0.15, 0.2) is 0 Å². The normalized spacial score (nSPS) is 31.2. The van der Waals surface area contributed by atoms with Crippen LogP contribution in [0, 0.1) is 11.8 Å². The summed E-state index contributed by atoms with van der Waals surface area (Å²) >= 11 is 0. The third kappa shape index (κ3) is 0.893. The van der Waals surface area contributed by atoms with E-state index in [0.717, 1.165) is 11.8 Å². The second kappa shape index (κ2) is 2.19. The molecule has 1 aromatic heterocycles. The van der Waals surface area contributed by atoms with Gasteiger partial charge in [-0.3, -0.25) is 4.98 Å². The first-order chi connectivity index (χ1) is 5.93. The maximum Gasteiger partial charge on any atom is 0.0273 e. The molecule has 3 rings (SSSR count). The van der Waals surface area contributed by atoms with Crippen molar-refractivity contribution in [1.82, 2.24) is 4.98 Å². The van der Waals surface area contributed by atoms with E-state index >= 15 is 0 Å². The summed E-state index contributed by atoms with van der Waals surface area (Å²) in [5.41, 5.74) is 2.91. The van der Waals surface area contributed by atoms with E-state index in [1.807, 2.05) is 12.4 Å². The van der Waals surface area contributed by atoms with E-state index < -0.39 is 0 Å². The fourth-order valence-electron chi connectivity index (χ4n) is 2.10. The standard InChI is InChI=1S/C11H11N/c1-3-12-4-2-8(1)9-5-10-7-11(10)6-9/h1-5,10-11H,6-7H2/t10-,11+/m1/s1. The van der Waals surface area contributed by atoms with Crippen molar-refractivity contribution in [2.75, 3.05) is 0 Å². The number of allylic oxidation sites excluding steroid dienone is 2. The zero-order chi connectivity index (χ0) is 7.97. The molecular weight excluding hydrogens is 146 g/mol. The molecule has 1 fully saturated rings. The number of aromatic nitrogens is 1. The molecule has 0 bridgehead atoms. The van der Waals surface area contributed by atoms with E-state index in [2.05, 4.69) is 23.2 Å². The molecule has 1 nitrogen and oxygen atoms in total. The first-order valence-electron chi connectivity index (χ1n) is 4.54. The van der Waals surface area contributed by atoms with Crippen molar-refractivity contribution in [3.8, 4) is 0 Å². The van der Waals surface area contributed by atoms with Gasteiger partial charge in [-0.25, -0.2) is 0 Å². The van der Waals surface area contributed by atoms with Gasteiger partial charge in [-0.15, -0.1) is 0 Å². The Hall–Kier alpha value is -1.11. The van der Waals surface area contributed by atoms with Crippen molar-refractivity contribution in [2.45, 2.75) is 12.8 Å². The summed E-state index contributed by atoms with van der Waals surface area (Å²) in [6.07, 6.45) is 8.93. The molecule has 0 unspecified atom stereocenters. The van der Waals surface area contributed by atoms with E-state index in [1.54, 1.807) is 5.57 Å². The van der Waals surface area contributed by atoms with Crippen LogP contribution in [0.2, 0.25) is 0 Å².